The number of nitrogens with zero attached hydrogens (tertiary/aromatic N) is 2. The Labute approximate surface area is 170 Å². The SMILES string of the molecule is COc1ccc(CNC(=O)[C@H]2CNC[C@@H]2c2cnn(C)c2)c(OC)c1OC.Cl. The first kappa shape index (κ1) is 21.8. The molecular weight excluding hydrogens is 384 g/mol. The van der Waals surface area contributed by atoms with E-state index in [1.807, 2.05) is 25.5 Å². The van der Waals surface area contributed by atoms with Crippen LogP contribution >= 0.6 is 12.4 Å². The van der Waals surface area contributed by atoms with Crippen LogP contribution in [0, 0.1) is 5.92 Å². The van der Waals surface area contributed by atoms with Crippen molar-refractivity contribution in [2.45, 2.75) is 12.5 Å². The number of benzene rings is 1. The molecule has 9 heteroatoms. The van der Waals surface area contributed by atoms with Gasteiger partial charge >= 0.3 is 0 Å². The van der Waals surface area contributed by atoms with Gasteiger partial charge in [0.15, 0.2) is 11.5 Å². The lowest BCUT2D eigenvalue weighted by Crippen LogP contribution is -2.34. The molecule has 1 aliphatic rings. The summed E-state index contributed by atoms with van der Waals surface area (Å²) < 4.78 is 17.9. The molecule has 1 aliphatic heterocycles. The predicted molar refractivity (Wildman–Crippen MR) is 108 cm³/mol. The Kier molecular flexibility index (Phi) is 7.53. The summed E-state index contributed by atoms with van der Waals surface area (Å²) in [5.41, 5.74) is 1.90. The average molecular weight is 411 g/mol. The Morgan fingerprint density at radius 3 is 2.57 bits per heavy atom. The number of halogens is 1. The van der Waals surface area contributed by atoms with Crippen molar-refractivity contribution in [2.24, 2.45) is 13.0 Å². The molecule has 0 bridgehead atoms. The molecule has 2 aromatic rings. The number of amides is 1. The van der Waals surface area contributed by atoms with Crippen molar-refractivity contribution in [3.05, 3.63) is 35.7 Å². The number of methoxy groups -OCH3 is 3. The maximum absolute atomic E-state index is 12.8. The molecule has 2 N–H and O–H groups in total. The number of hydrogen-bond acceptors (Lipinski definition) is 6. The maximum atomic E-state index is 12.8. The number of carbonyl (C=O) groups excluding carboxylic acids is 1. The van der Waals surface area contributed by atoms with Gasteiger partial charge in [0.25, 0.3) is 0 Å². The fraction of sp³-hybridized carbons (Fsp3) is 0.474. The minimum Gasteiger partial charge on any atom is -0.493 e. The minimum absolute atomic E-state index is 0. The lowest BCUT2D eigenvalue weighted by Gasteiger charge is -2.19. The number of ether oxygens (including phenoxy) is 3. The van der Waals surface area contributed by atoms with Gasteiger partial charge in [0.1, 0.15) is 0 Å². The second-order valence-electron chi connectivity index (χ2n) is 6.53. The highest BCUT2D eigenvalue weighted by atomic mass is 35.5. The van der Waals surface area contributed by atoms with Gasteiger partial charge in [-0.15, -0.1) is 12.4 Å². The van der Waals surface area contributed by atoms with Crippen molar-refractivity contribution < 1.29 is 19.0 Å². The van der Waals surface area contributed by atoms with Crippen LogP contribution in [0.1, 0.15) is 17.0 Å². The van der Waals surface area contributed by atoms with Crippen molar-refractivity contribution in [1.82, 2.24) is 20.4 Å². The second-order valence-corrected chi connectivity index (χ2v) is 6.53. The lowest BCUT2D eigenvalue weighted by atomic mass is 9.90. The minimum atomic E-state index is -0.139. The molecule has 154 valence electrons. The number of carbonyl (C=O) groups is 1. The lowest BCUT2D eigenvalue weighted by molar-refractivity contribution is -0.125. The molecule has 0 radical (unpaired) electrons. The molecule has 1 amide bonds. The third kappa shape index (κ3) is 4.34. The summed E-state index contributed by atoms with van der Waals surface area (Å²) >= 11 is 0. The fourth-order valence-electron chi connectivity index (χ4n) is 3.55. The van der Waals surface area contributed by atoms with E-state index in [1.165, 1.54) is 0 Å². The van der Waals surface area contributed by atoms with Crippen LogP contribution in [0.25, 0.3) is 0 Å². The van der Waals surface area contributed by atoms with E-state index in [4.69, 9.17) is 14.2 Å². The molecule has 3 rings (SSSR count). The average Bonchev–Trinajstić information content (AvgIpc) is 3.33. The van der Waals surface area contributed by atoms with E-state index in [9.17, 15) is 4.79 Å². The van der Waals surface area contributed by atoms with Crippen LogP contribution < -0.4 is 24.8 Å². The maximum Gasteiger partial charge on any atom is 0.225 e. The summed E-state index contributed by atoms with van der Waals surface area (Å²) in [5.74, 6) is 1.64. The van der Waals surface area contributed by atoms with Crippen molar-refractivity contribution in [3.8, 4) is 17.2 Å². The molecule has 1 saturated heterocycles. The Balaban J connectivity index is 0.00000280. The van der Waals surface area contributed by atoms with Crippen LogP contribution in [0.3, 0.4) is 0 Å². The van der Waals surface area contributed by atoms with Gasteiger partial charge in [-0.3, -0.25) is 9.48 Å². The molecule has 8 nitrogen and oxygen atoms in total. The molecular formula is C19H27ClN4O4. The number of rotatable bonds is 7. The van der Waals surface area contributed by atoms with Crippen molar-refractivity contribution >= 4 is 18.3 Å². The summed E-state index contributed by atoms with van der Waals surface area (Å²) in [6.07, 6.45) is 3.80. The molecule has 0 unspecified atom stereocenters. The number of hydrogen-bond donors (Lipinski definition) is 2. The Hall–Kier alpha value is -2.45. The van der Waals surface area contributed by atoms with Gasteiger partial charge in [-0.2, -0.15) is 5.10 Å². The van der Waals surface area contributed by atoms with Crippen molar-refractivity contribution in [1.29, 1.82) is 0 Å². The van der Waals surface area contributed by atoms with Crippen LogP contribution in [-0.4, -0.2) is 50.1 Å². The van der Waals surface area contributed by atoms with E-state index in [2.05, 4.69) is 15.7 Å². The standard InChI is InChI=1S/C19H26N4O4.ClH/c1-23-11-13(8-22-23)14-9-20-10-15(14)19(24)21-7-12-5-6-16(25-2)18(27-4)17(12)26-3;/h5-6,8,11,14-15,20H,7,9-10H2,1-4H3,(H,21,24);1H/t14-,15+;/m1./s1. The molecule has 0 saturated carbocycles. The summed E-state index contributed by atoms with van der Waals surface area (Å²) in [5, 5.41) is 10.6. The third-order valence-electron chi connectivity index (χ3n) is 4.94. The molecule has 0 spiro atoms. The second kappa shape index (κ2) is 9.66. The Morgan fingerprint density at radius 2 is 1.96 bits per heavy atom. The van der Waals surface area contributed by atoms with Crippen LogP contribution in [-0.2, 0) is 18.4 Å². The van der Waals surface area contributed by atoms with Crippen LogP contribution in [0.2, 0.25) is 0 Å². The van der Waals surface area contributed by atoms with Crippen LogP contribution in [0.15, 0.2) is 24.5 Å². The fourth-order valence-corrected chi connectivity index (χ4v) is 3.55. The number of nitrogens with one attached hydrogen (secondary N) is 2. The zero-order valence-electron chi connectivity index (χ0n) is 16.5. The monoisotopic (exact) mass is 410 g/mol. The first-order valence-corrected chi connectivity index (χ1v) is 8.83. The van der Waals surface area contributed by atoms with Gasteiger partial charge in [-0.05, 0) is 17.7 Å². The Bertz CT molecular complexity index is 811. The smallest absolute Gasteiger partial charge is 0.225 e. The Morgan fingerprint density at radius 1 is 1.21 bits per heavy atom. The molecule has 1 aromatic carbocycles. The summed E-state index contributed by atoms with van der Waals surface area (Å²) in [6.45, 7) is 1.76. The topological polar surface area (TPSA) is 86.6 Å². The first-order valence-electron chi connectivity index (χ1n) is 8.83. The van der Waals surface area contributed by atoms with Crippen molar-refractivity contribution in [2.75, 3.05) is 34.4 Å². The molecule has 28 heavy (non-hydrogen) atoms. The van der Waals surface area contributed by atoms with E-state index >= 15 is 0 Å². The van der Waals surface area contributed by atoms with Gasteiger partial charge in [-0.25, -0.2) is 0 Å². The summed E-state index contributed by atoms with van der Waals surface area (Å²) in [6, 6.07) is 3.67. The van der Waals surface area contributed by atoms with E-state index in [0.29, 0.717) is 30.3 Å². The van der Waals surface area contributed by atoms with Gasteiger partial charge < -0.3 is 24.8 Å². The quantitative estimate of drug-likeness (QED) is 0.719. The highest BCUT2D eigenvalue weighted by molar-refractivity contribution is 5.85. The van der Waals surface area contributed by atoms with E-state index in [-0.39, 0.29) is 30.2 Å². The summed E-state index contributed by atoms with van der Waals surface area (Å²) in [4.78, 5) is 12.8. The molecule has 1 fully saturated rings. The molecule has 2 atom stereocenters. The normalized spacial score (nSPS) is 18.3. The summed E-state index contributed by atoms with van der Waals surface area (Å²) in [7, 11) is 6.59. The number of aromatic nitrogens is 2. The predicted octanol–water partition coefficient (Wildman–Crippen LogP) is 1.49. The third-order valence-corrected chi connectivity index (χ3v) is 4.94. The molecule has 1 aromatic heterocycles. The van der Waals surface area contributed by atoms with Crippen molar-refractivity contribution in [3.63, 3.8) is 0 Å². The van der Waals surface area contributed by atoms with Crippen LogP contribution in [0.4, 0.5) is 0 Å². The highest BCUT2D eigenvalue weighted by Crippen LogP contribution is 2.39. The van der Waals surface area contributed by atoms with Crippen LogP contribution in [0.5, 0.6) is 17.2 Å². The highest BCUT2D eigenvalue weighted by Gasteiger charge is 2.34. The van der Waals surface area contributed by atoms with Gasteiger partial charge in [0, 0.05) is 44.4 Å². The molecule has 0 aliphatic carbocycles. The molecule has 2 heterocycles. The van der Waals surface area contributed by atoms with E-state index < -0.39 is 0 Å². The first-order chi connectivity index (χ1) is 13.1. The van der Waals surface area contributed by atoms with Gasteiger partial charge in [0.05, 0.1) is 33.4 Å². The van der Waals surface area contributed by atoms with Gasteiger partial charge in [0.2, 0.25) is 11.7 Å². The largest absolute Gasteiger partial charge is 0.493 e. The van der Waals surface area contributed by atoms with Gasteiger partial charge in [-0.1, -0.05) is 0 Å². The zero-order chi connectivity index (χ0) is 19.4. The number of aryl methyl sites for hydroxylation is 1. The van der Waals surface area contributed by atoms with E-state index in [1.54, 1.807) is 32.1 Å². The van der Waals surface area contributed by atoms with E-state index in [0.717, 1.165) is 17.7 Å². The zero-order valence-corrected chi connectivity index (χ0v) is 17.3.